The maximum absolute atomic E-state index is 13.8. The molecule has 2 saturated heterocycles. The zero-order valence-corrected chi connectivity index (χ0v) is 27.6. The Hall–Kier alpha value is -4.50. The second-order valence-corrected chi connectivity index (χ2v) is 14.0. The van der Waals surface area contributed by atoms with Crippen LogP contribution in [-0.2, 0) is 18.9 Å². The summed E-state index contributed by atoms with van der Waals surface area (Å²) in [7, 11) is -4.53. The number of aliphatic hydroxyl groups is 4. The van der Waals surface area contributed by atoms with Crippen molar-refractivity contribution in [3.63, 3.8) is 0 Å². The molecule has 2 aliphatic rings. The van der Waals surface area contributed by atoms with Crippen molar-refractivity contribution in [1.82, 2.24) is 0 Å². The summed E-state index contributed by atoms with van der Waals surface area (Å²) in [5, 5.41) is 51.8. The van der Waals surface area contributed by atoms with E-state index in [0.717, 1.165) is 0 Å². The van der Waals surface area contributed by atoms with Gasteiger partial charge in [-0.15, -0.1) is 0 Å². The summed E-state index contributed by atoms with van der Waals surface area (Å²) < 4.78 is 36.8. The number of carboxylic acids is 1. The van der Waals surface area contributed by atoms with E-state index >= 15 is 0 Å². The molecule has 6 rings (SSSR count). The normalized spacial score (nSPS) is 25.6. The van der Waals surface area contributed by atoms with Crippen LogP contribution in [0, 0.1) is 11.7 Å². The van der Waals surface area contributed by atoms with Crippen LogP contribution in [-0.4, -0.2) is 77.9 Å². The number of halogens is 1. The predicted octanol–water partition coefficient (Wildman–Crippen LogP) is 2.78. The summed E-state index contributed by atoms with van der Waals surface area (Å²) in [5.41, 5.74) is 2.36. The van der Waals surface area contributed by atoms with Crippen molar-refractivity contribution in [3.05, 3.63) is 114 Å². The molecule has 8 atom stereocenters. The monoisotopic (exact) mass is 723 g/mol. The molecule has 4 aromatic rings. The average molecular weight is 724 g/mol. The van der Waals surface area contributed by atoms with Gasteiger partial charge in [0.15, 0.2) is 6.10 Å². The second kappa shape index (κ2) is 14.6. The minimum atomic E-state index is -4.53. The number of carboxylic acid groups (broad SMARTS) is 1. The highest BCUT2D eigenvalue weighted by molar-refractivity contribution is 7.60. The van der Waals surface area contributed by atoms with Crippen molar-refractivity contribution in [3.8, 4) is 16.9 Å². The molecule has 0 saturated carbocycles. The van der Waals surface area contributed by atoms with Gasteiger partial charge in [-0.2, -0.15) is 0 Å². The fourth-order valence-corrected chi connectivity index (χ4v) is 6.97. The number of β-lactam (4-membered cyclic amide) rings is 1. The molecule has 0 aromatic heterocycles. The third-order valence-corrected chi connectivity index (χ3v) is 10.2. The van der Waals surface area contributed by atoms with Crippen LogP contribution in [0.25, 0.3) is 11.1 Å². The SMILES string of the molecule is O=C(O)[C@H]1O[C@@H](Oc2cc(-c3ccc(P(=O)(O)O)cc3)ccc2[C@@H]2[C@@H](CC[C@H](O)c3ccc(F)cc3)C(=O)N2c2ccccc2)[C@H](O)[C@@H](O)[C@@H]1O. The first-order valence-corrected chi connectivity index (χ1v) is 17.6. The van der Waals surface area contributed by atoms with Gasteiger partial charge in [-0.05, 0) is 72.0 Å². The van der Waals surface area contributed by atoms with Crippen molar-refractivity contribution < 1.29 is 63.3 Å². The fraction of sp³-hybridized carbons (Fsp3) is 0.278. The number of aliphatic hydroxyl groups excluding tert-OH is 4. The molecule has 0 radical (unpaired) electrons. The summed E-state index contributed by atoms with van der Waals surface area (Å²) in [4.78, 5) is 46.3. The molecule has 2 fully saturated rings. The smallest absolute Gasteiger partial charge is 0.356 e. The summed E-state index contributed by atoms with van der Waals surface area (Å²) in [5.74, 6) is -3.05. The lowest BCUT2D eigenvalue weighted by atomic mass is 9.77. The van der Waals surface area contributed by atoms with E-state index in [1.807, 2.05) is 0 Å². The molecule has 51 heavy (non-hydrogen) atoms. The van der Waals surface area contributed by atoms with Gasteiger partial charge in [0.1, 0.15) is 29.9 Å². The van der Waals surface area contributed by atoms with Gasteiger partial charge < -0.3 is 49.7 Å². The van der Waals surface area contributed by atoms with Crippen LogP contribution in [0.5, 0.6) is 5.75 Å². The maximum atomic E-state index is 13.8. The lowest BCUT2D eigenvalue weighted by Crippen LogP contribution is -2.61. The Morgan fingerprint density at radius 2 is 1.53 bits per heavy atom. The van der Waals surface area contributed by atoms with Crippen molar-refractivity contribution in [2.75, 3.05) is 4.90 Å². The van der Waals surface area contributed by atoms with Crippen molar-refractivity contribution in [2.45, 2.75) is 55.7 Å². The molecule has 0 unspecified atom stereocenters. The van der Waals surface area contributed by atoms with Crippen LogP contribution in [0.2, 0.25) is 0 Å². The Labute approximate surface area is 290 Å². The van der Waals surface area contributed by atoms with Gasteiger partial charge in [-0.1, -0.05) is 54.6 Å². The second-order valence-electron chi connectivity index (χ2n) is 12.4. The number of ether oxygens (including phenoxy) is 2. The van der Waals surface area contributed by atoms with E-state index < -0.39 is 68.2 Å². The highest BCUT2D eigenvalue weighted by Crippen LogP contribution is 2.50. The van der Waals surface area contributed by atoms with Gasteiger partial charge in [0.25, 0.3) is 0 Å². The van der Waals surface area contributed by atoms with Crippen LogP contribution < -0.4 is 14.9 Å². The van der Waals surface area contributed by atoms with E-state index in [-0.39, 0.29) is 29.8 Å². The van der Waals surface area contributed by atoms with Crippen LogP contribution >= 0.6 is 7.60 Å². The Kier molecular flexibility index (Phi) is 10.4. The highest BCUT2D eigenvalue weighted by Gasteiger charge is 2.51. The number of anilines is 1. The Balaban J connectivity index is 1.40. The largest absolute Gasteiger partial charge is 0.479 e. The van der Waals surface area contributed by atoms with Gasteiger partial charge in [-0.3, -0.25) is 9.36 Å². The molecule has 2 heterocycles. The molecule has 15 heteroatoms. The number of benzene rings is 4. The number of hydrogen-bond donors (Lipinski definition) is 7. The summed E-state index contributed by atoms with van der Waals surface area (Å²) >= 11 is 0. The maximum Gasteiger partial charge on any atom is 0.356 e. The third kappa shape index (κ3) is 7.45. The highest BCUT2D eigenvalue weighted by atomic mass is 31.2. The Morgan fingerprint density at radius 3 is 2.16 bits per heavy atom. The Bertz CT molecular complexity index is 1920. The summed E-state index contributed by atoms with van der Waals surface area (Å²) in [6, 6.07) is 23.7. The van der Waals surface area contributed by atoms with Crippen molar-refractivity contribution in [1.29, 1.82) is 0 Å². The third-order valence-electron chi connectivity index (χ3n) is 9.18. The van der Waals surface area contributed by atoms with Crippen LogP contribution in [0.1, 0.15) is 36.1 Å². The number of nitrogens with zero attached hydrogens (tertiary/aromatic N) is 1. The number of hydrogen-bond acceptors (Lipinski definition) is 9. The first-order chi connectivity index (χ1) is 24.2. The van der Waals surface area contributed by atoms with Gasteiger partial charge >= 0.3 is 13.6 Å². The standard InChI is InChI=1S/C36H35FNO12P/c37-22-11-6-20(7-12-22)27(39)17-16-26-29(38(34(26)43)23-4-2-1-3-5-23)25-15-10-21(19-8-13-24(14-9-19)51(46,47)48)18-28(25)49-36-32(42)30(40)31(41)33(50-36)35(44)45/h1-15,18,26-27,29-33,36,39-42H,16-17H2,(H,44,45)(H2,46,47,48)/t26-,27+,29-,30+,31+,32-,33+,36-/m1/s1. The number of amides is 1. The van der Waals surface area contributed by atoms with E-state index in [2.05, 4.69) is 0 Å². The van der Waals surface area contributed by atoms with Crippen LogP contribution in [0.3, 0.4) is 0 Å². The van der Waals surface area contributed by atoms with E-state index in [1.54, 1.807) is 42.5 Å². The van der Waals surface area contributed by atoms with E-state index in [9.17, 15) is 53.9 Å². The minimum absolute atomic E-state index is 0.00542. The topological polar surface area (TPSA) is 215 Å². The van der Waals surface area contributed by atoms with E-state index in [0.29, 0.717) is 27.9 Å². The molecule has 0 spiro atoms. The minimum Gasteiger partial charge on any atom is -0.479 e. The molecule has 13 nitrogen and oxygen atoms in total. The lowest BCUT2D eigenvalue weighted by Gasteiger charge is -2.48. The van der Waals surface area contributed by atoms with Gasteiger partial charge in [0.2, 0.25) is 12.2 Å². The summed E-state index contributed by atoms with van der Waals surface area (Å²) in [6.45, 7) is 0. The van der Waals surface area contributed by atoms with Crippen LogP contribution in [0.15, 0.2) is 97.1 Å². The Morgan fingerprint density at radius 1 is 0.882 bits per heavy atom. The molecular formula is C36H35FNO12P. The van der Waals surface area contributed by atoms with Gasteiger partial charge in [-0.25, -0.2) is 9.18 Å². The van der Waals surface area contributed by atoms with E-state index in [1.165, 1.54) is 59.5 Å². The number of carbonyl (C=O) groups excluding carboxylic acids is 1. The molecule has 268 valence electrons. The molecule has 4 aromatic carbocycles. The number of carbonyl (C=O) groups is 2. The fourth-order valence-electron chi connectivity index (χ4n) is 6.43. The molecule has 2 aliphatic heterocycles. The number of aliphatic carboxylic acids is 1. The van der Waals surface area contributed by atoms with E-state index in [4.69, 9.17) is 9.47 Å². The van der Waals surface area contributed by atoms with Gasteiger partial charge in [0, 0.05) is 11.3 Å². The molecule has 7 N–H and O–H groups in total. The molecule has 0 bridgehead atoms. The predicted molar refractivity (Wildman–Crippen MR) is 179 cm³/mol. The van der Waals surface area contributed by atoms with Crippen LogP contribution in [0.4, 0.5) is 10.1 Å². The first-order valence-electron chi connectivity index (χ1n) is 16.0. The molecule has 1 amide bonds. The first kappa shape index (κ1) is 36.3. The van der Waals surface area contributed by atoms with Crippen molar-refractivity contribution >= 4 is 30.5 Å². The molecular weight excluding hydrogens is 688 g/mol. The lowest BCUT2D eigenvalue weighted by molar-refractivity contribution is -0.271. The zero-order valence-electron chi connectivity index (χ0n) is 26.7. The van der Waals surface area contributed by atoms with Crippen molar-refractivity contribution in [2.24, 2.45) is 5.92 Å². The number of para-hydroxylation sites is 1. The number of rotatable bonds is 11. The average Bonchev–Trinajstić information content (AvgIpc) is 3.11. The quantitative estimate of drug-likeness (QED) is 0.0879. The van der Waals surface area contributed by atoms with Gasteiger partial charge in [0.05, 0.1) is 23.4 Å². The molecule has 0 aliphatic carbocycles. The summed E-state index contributed by atoms with van der Waals surface area (Å²) in [6.07, 6.45) is -10.3. The zero-order chi connectivity index (χ0) is 36.6.